The van der Waals surface area contributed by atoms with Gasteiger partial charge in [-0.25, -0.2) is 9.59 Å². The highest BCUT2D eigenvalue weighted by atomic mass is 79.9. The Bertz CT molecular complexity index is 1150. The third-order valence-electron chi connectivity index (χ3n) is 5.02. The first-order valence-electron chi connectivity index (χ1n) is 9.27. The molecule has 8 heteroatoms. The van der Waals surface area contributed by atoms with E-state index in [-0.39, 0.29) is 22.7 Å². The van der Waals surface area contributed by atoms with Crippen LogP contribution in [0, 0.1) is 18.3 Å². The van der Waals surface area contributed by atoms with Crippen LogP contribution < -0.4 is 10.6 Å². The summed E-state index contributed by atoms with van der Waals surface area (Å²) in [6.07, 6.45) is 0. The Balaban J connectivity index is 2.41. The van der Waals surface area contributed by atoms with Gasteiger partial charge in [0, 0.05) is 10.2 Å². The molecule has 2 N–H and O–H groups in total. The number of aryl methyl sites for hydroxylation is 1. The molecule has 2 aromatic rings. The number of esters is 2. The first-order valence-corrected chi connectivity index (χ1v) is 10.1. The van der Waals surface area contributed by atoms with Crippen LogP contribution in [0.15, 0.2) is 75.7 Å². The van der Waals surface area contributed by atoms with Crippen molar-refractivity contribution in [3.63, 3.8) is 0 Å². The fraction of sp³-hybridized carbons (Fsp3) is 0.174. The van der Waals surface area contributed by atoms with Crippen molar-refractivity contribution in [3.8, 4) is 6.07 Å². The minimum Gasteiger partial charge on any atom is -0.466 e. The van der Waals surface area contributed by atoms with Gasteiger partial charge in [-0.1, -0.05) is 52.3 Å². The number of nitriles is 1. The number of hydrogen-bond donors (Lipinski definition) is 1. The maximum atomic E-state index is 13.0. The molecule has 7 nitrogen and oxygen atoms in total. The van der Waals surface area contributed by atoms with E-state index in [1.54, 1.807) is 36.4 Å². The topological polar surface area (TPSA) is 106 Å². The van der Waals surface area contributed by atoms with E-state index in [0.29, 0.717) is 11.3 Å². The number of carbonyl (C=O) groups excluding carboxylic acids is 2. The second kappa shape index (κ2) is 9.06. The summed E-state index contributed by atoms with van der Waals surface area (Å²) in [6.45, 7) is 1.91. The van der Waals surface area contributed by atoms with Crippen LogP contribution in [0.25, 0.3) is 0 Å². The normalized spacial score (nSPS) is 16.1. The number of benzene rings is 2. The van der Waals surface area contributed by atoms with Crippen molar-refractivity contribution in [1.82, 2.24) is 0 Å². The van der Waals surface area contributed by atoms with Crippen LogP contribution in [0.3, 0.4) is 0 Å². The van der Waals surface area contributed by atoms with Crippen LogP contribution in [0.1, 0.15) is 17.0 Å². The second-order valence-electron chi connectivity index (χ2n) is 6.77. The highest BCUT2D eigenvalue weighted by Gasteiger charge is 2.42. The van der Waals surface area contributed by atoms with Crippen molar-refractivity contribution in [3.05, 3.63) is 86.8 Å². The van der Waals surface area contributed by atoms with E-state index in [4.69, 9.17) is 15.2 Å². The first-order chi connectivity index (χ1) is 14.8. The van der Waals surface area contributed by atoms with E-state index in [0.717, 1.165) is 10.0 Å². The number of ether oxygens (including phenoxy) is 2. The van der Waals surface area contributed by atoms with Crippen molar-refractivity contribution in [2.45, 2.75) is 12.8 Å². The average molecular weight is 482 g/mol. The summed E-state index contributed by atoms with van der Waals surface area (Å²) in [5, 5.41) is 10.00. The van der Waals surface area contributed by atoms with Crippen molar-refractivity contribution >= 4 is 33.6 Å². The maximum Gasteiger partial charge on any atom is 0.355 e. The lowest BCUT2D eigenvalue weighted by molar-refractivity contribution is -0.139. The molecule has 2 aromatic carbocycles. The monoisotopic (exact) mass is 481 g/mol. The number of nitrogens with zero attached hydrogens (tertiary/aromatic N) is 2. The van der Waals surface area contributed by atoms with Gasteiger partial charge in [0.15, 0.2) is 0 Å². The molecule has 0 radical (unpaired) electrons. The highest BCUT2D eigenvalue weighted by molar-refractivity contribution is 9.10. The Kier molecular flexibility index (Phi) is 6.47. The van der Waals surface area contributed by atoms with Crippen LogP contribution in [-0.4, -0.2) is 26.2 Å². The molecule has 158 valence electrons. The number of rotatable bonds is 4. The molecule has 3 rings (SSSR count). The van der Waals surface area contributed by atoms with Gasteiger partial charge < -0.3 is 15.2 Å². The first kappa shape index (κ1) is 22.1. The molecule has 1 aliphatic rings. The zero-order valence-corrected chi connectivity index (χ0v) is 18.8. The summed E-state index contributed by atoms with van der Waals surface area (Å²) in [4.78, 5) is 27.3. The predicted octanol–water partition coefficient (Wildman–Crippen LogP) is 3.66. The van der Waals surface area contributed by atoms with Gasteiger partial charge in [0.05, 0.1) is 37.4 Å². The van der Waals surface area contributed by atoms with Gasteiger partial charge in [0.25, 0.3) is 0 Å². The molecule has 0 aliphatic carbocycles. The van der Waals surface area contributed by atoms with Gasteiger partial charge in [-0.3, -0.25) is 4.90 Å². The molecule has 0 aromatic heterocycles. The number of halogens is 1. The summed E-state index contributed by atoms with van der Waals surface area (Å²) < 4.78 is 10.8. The van der Waals surface area contributed by atoms with Gasteiger partial charge in [-0.05, 0) is 30.2 Å². The molecule has 0 spiro atoms. The predicted molar refractivity (Wildman–Crippen MR) is 118 cm³/mol. The van der Waals surface area contributed by atoms with Crippen LogP contribution in [-0.2, 0) is 19.1 Å². The van der Waals surface area contributed by atoms with Gasteiger partial charge in [0.2, 0.25) is 0 Å². The Morgan fingerprint density at radius 1 is 1.10 bits per heavy atom. The zero-order valence-electron chi connectivity index (χ0n) is 17.2. The summed E-state index contributed by atoms with van der Waals surface area (Å²) in [5.74, 6) is -2.40. The van der Waals surface area contributed by atoms with Gasteiger partial charge >= 0.3 is 11.9 Å². The standard InChI is InChI=1S/C23H20BrN3O4/c1-13-9-10-15(11-17(13)24)27-20(23(29)31-3)19(22(28)30-2)18(16(12-25)21(27)26)14-7-5-4-6-8-14/h4-11,18H,26H2,1-3H3. The number of nitrogens with two attached hydrogens (primary N) is 1. The molecule has 1 aliphatic heterocycles. The molecule has 0 saturated heterocycles. The van der Waals surface area contributed by atoms with E-state index in [1.165, 1.54) is 19.1 Å². The third kappa shape index (κ3) is 3.92. The SMILES string of the molecule is COC(=O)C1=C(C(=O)OC)N(c2ccc(C)c(Br)c2)C(N)=C(C#N)C1c1ccccc1. The van der Waals surface area contributed by atoms with Gasteiger partial charge in [0.1, 0.15) is 11.5 Å². The highest BCUT2D eigenvalue weighted by Crippen LogP contribution is 2.43. The molecule has 1 atom stereocenters. The fourth-order valence-electron chi connectivity index (χ4n) is 3.50. The molecular weight excluding hydrogens is 462 g/mol. The van der Waals surface area contributed by atoms with Crippen LogP contribution in [0.4, 0.5) is 5.69 Å². The lowest BCUT2D eigenvalue weighted by Gasteiger charge is -2.36. The number of hydrogen-bond acceptors (Lipinski definition) is 7. The fourth-order valence-corrected chi connectivity index (χ4v) is 3.87. The van der Waals surface area contributed by atoms with Gasteiger partial charge in [-0.2, -0.15) is 5.26 Å². The average Bonchev–Trinajstić information content (AvgIpc) is 2.79. The van der Waals surface area contributed by atoms with Gasteiger partial charge in [-0.15, -0.1) is 0 Å². The van der Waals surface area contributed by atoms with Crippen molar-refractivity contribution in [2.24, 2.45) is 5.73 Å². The molecule has 0 saturated carbocycles. The molecular formula is C23H20BrN3O4. The summed E-state index contributed by atoms with van der Waals surface area (Å²) in [7, 11) is 2.43. The molecule has 0 bridgehead atoms. The molecule has 0 fully saturated rings. The quantitative estimate of drug-likeness (QED) is 0.664. The van der Waals surface area contributed by atoms with Crippen LogP contribution >= 0.6 is 15.9 Å². The maximum absolute atomic E-state index is 13.0. The number of carbonyl (C=O) groups is 2. The Labute approximate surface area is 188 Å². The van der Waals surface area contributed by atoms with Crippen LogP contribution in [0.2, 0.25) is 0 Å². The summed E-state index contributed by atoms with van der Waals surface area (Å²) in [6, 6.07) is 16.3. The van der Waals surface area contributed by atoms with Crippen molar-refractivity contribution < 1.29 is 19.1 Å². The zero-order chi connectivity index (χ0) is 22.7. The summed E-state index contributed by atoms with van der Waals surface area (Å²) >= 11 is 3.47. The van der Waals surface area contributed by atoms with Crippen LogP contribution in [0.5, 0.6) is 0 Å². The lowest BCUT2D eigenvalue weighted by Crippen LogP contribution is -2.40. The molecule has 1 heterocycles. The molecule has 0 amide bonds. The summed E-state index contributed by atoms with van der Waals surface area (Å²) in [5.41, 5.74) is 8.50. The molecule has 1 unspecified atom stereocenters. The number of methoxy groups -OCH3 is 2. The minimum atomic E-state index is -0.891. The Hall–Kier alpha value is -3.57. The Morgan fingerprint density at radius 3 is 2.29 bits per heavy atom. The largest absolute Gasteiger partial charge is 0.466 e. The van der Waals surface area contributed by atoms with E-state index in [2.05, 4.69) is 22.0 Å². The number of anilines is 1. The third-order valence-corrected chi connectivity index (χ3v) is 5.88. The van der Waals surface area contributed by atoms with Crippen molar-refractivity contribution in [2.75, 3.05) is 19.1 Å². The minimum absolute atomic E-state index is 0.0250. The van der Waals surface area contributed by atoms with E-state index >= 15 is 0 Å². The Morgan fingerprint density at radius 2 is 1.74 bits per heavy atom. The number of allylic oxidation sites excluding steroid dienone is 1. The molecule has 31 heavy (non-hydrogen) atoms. The smallest absolute Gasteiger partial charge is 0.355 e. The van der Waals surface area contributed by atoms with E-state index < -0.39 is 17.9 Å². The second-order valence-corrected chi connectivity index (χ2v) is 7.62. The van der Waals surface area contributed by atoms with Crippen molar-refractivity contribution in [1.29, 1.82) is 5.26 Å². The lowest BCUT2D eigenvalue weighted by atomic mass is 9.81. The van der Waals surface area contributed by atoms with E-state index in [1.807, 2.05) is 19.1 Å². The van der Waals surface area contributed by atoms with E-state index in [9.17, 15) is 14.9 Å².